The summed E-state index contributed by atoms with van der Waals surface area (Å²) in [7, 11) is 0. The number of anilines is 1. The second kappa shape index (κ2) is 14.2. The lowest BCUT2D eigenvalue weighted by Crippen LogP contribution is -2.53. The third kappa shape index (κ3) is 8.64. The summed E-state index contributed by atoms with van der Waals surface area (Å²) in [6.07, 6.45) is -8.50. The van der Waals surface area contributed by atoms with Crippen LogP contribution in [0.3, 0.4) is 0 Å². The molecule has 2 amide bonds. The highest BCUT2D eigenvalue weighted by molar-refractivity contribution is 5.92. The van der Waals surface area contributed by atoms with Gasteiger partial charge >= 0.3 is 12.4 Å². The standard InChI is InChI=1S/C33H34F7N3O3/c1-21(22-17-24(32(35,36)37)19-25(18-22)33(38,39)40)30(46)42-31(23-5-3-2-4-6-23)13-11-28(12-14-31)43(15-16-44)20-29(45)41-27-9-7-26(34)8-10-27/h2-10,17-19,21,28,44H,11-16,20H2,1H3,(H,41,45)(H,42,46). The maximum atomic E-state index is 13.6. The Morgan fingerprint density at radius 3 is 2.00 bits per heavy atom. The first kappa shape index (κ1) is 34.9. The van der Waals surface area contributed by atoms with Gasteiger partial charge in [0.1, 0.15) is 5.82 Å². The lowest BCUT2D eigenvalue weighted by molar-refractivity contribution is -0.143. The third-order valence-corrected chi connectivity index (χ3v) is 8.38. The normalized spacial score (nSPS) is 19.5. The van der Waals surface area contributed by atoms with Gasteiger partial charge in [0.15, 0.2) is 0 Å². The van der Waals surface area contributed by atoms with Crippen molar-refractivity contribution >= 4 is 17.5 Å². The molecule has 1 fully saturated rings. The SMILES string of the molecule is CC(C(=O)NC1(c2ccccc2)CCC(N(CCO)CC(=O)Nc2ccc(F)cc2)CC1)c1cc(C(F)(F)F)cc(C(F)(F)F)c1. The maximum Gasteiger partial charge on any atom is 0.416 e. The van der Waals surface area contributed by atoms with Crippen molar-refractivity contribution in [3.63, 3.8) is 0 Å². The van der Waals surface area contributed by atoms with Crippen LogP contribution in [-0.4, -0.2) is 47.6 Å². The second-order valence-electron chi connectivity index (χ2n) is 11.5. The van der Waals surface area contributed by atoms with Crippen molar-refractivity contribution < 1.29 is 45.4 Å². The first-order valence-corrected chi connectivity index (χ1v) is 14.7. The van der Waals surface area contributed by atoms with Crippen molar-refractivity contribution in [3.8, 4) is 0 Å². The quantitative estimate of drug-likeness (QED) is 0.209. The third-order valence-electron chi connectivity index (χ3n) is 8.38. The number of nitrogens with one attached hydrogen (secondary N) is 2. The summed E-state index contributed by atoms with van der Waals surface area (Å²) in [6, 6.07) is 15.1. The van der Waals surface area contributed by atoms with Crippen LogP contribution in [-0.2, 0) is 27.5 Å². The van der Waals surface area contributed by atoms with Gasteiger partial charge in [0.25, 0.3) is 0 Å². The molecule has 0 aromatic heterocycles. The van der Waals surface area contributed by atoms with Crippen molar-refractivity contribution in [1.82, 2.24) is 10.2 Å². The molecule has 0 heterocycles. The monoisotopic (exact) mass is 653 g/mol. The Balaban J connectivity index is 1.53. The number of aliphatic hydroxyl groups excluding tert-OH is 1. The number of hydrogen-bond donors (Lipinski definition) is 3. The molecule has 0 bridgehead atoms. The predicted molar refractivity (Wildman–Crippen MR) is 157 cm³/mol. The molecule has 3 N–H and O–H groups in total. The Hall–Kier alpha value is -3.97. The van der Waals surface area contributed by atoms with E-state index >= 15 is 0 Å². The van der Waals surface area contributed by atoms with Gasteiger partial charge in [-0.1, -0.05) is 30.3 Å². The molecule has 0 saturated heterocycles. The summed E-state index contributed by atoms with van der Waals surface area (Å²) in [4.78, 5) is 28.2. The van der Waals surface area contributed by atoms with Crippen LogP contribution in [0.2, 0.25) is 0 Å². The van der Waals surface area contributed by atoms with E-state index in [2.05, 4.69) is 10.6 Å². The molecule has 0 aliphatic heterocycles. The van der Waals surface area contributed by atoms with E-state index in [9.17, 15) is 45.4 Å². The minimum atomic E-state index is -5.05. The van der Waals surface area contributed by atoms with E-state index in [0.717, 1.165) is 5.56 Å². The molecule has 0 spiro atoms. The van der Waals surface area contributed by atoms with Gasteiger partial charge in [0.2, 0.25) is 11.8 Å². The van der Waals surface area contributed by atoms with Crippen LogP contribution in [0.25, 0.3) is 0 Å². The van der Waals surface area contributed by atoms with Gasteiger partial charge in [-0.2, -0.15) is 26.3 Å². The molecule has 1 saturated carbocycles. The van der Waals surface area contributed by atoms with Gasteiger partial charge < -0.3 is 15.7 Å². The van der Waals surface area contributed by atoms with Gasteiger partial charge in [-0.05, 0) is 86.2 Å². The molecular formula is C33H34F7N3O3. The van der Waals surface area contributed by atoms with Crippen molar-refractivity contribution in [2.45, 2.75) is 62.5 Å². The summed E-state index contributed by atoms with van der Waals surface area (Å²) >= 11 is 0. The molecule has 1 atom stereocenters. The number of carbonyl (C=O) groups excluding carboxylic acids is 2. The maximum absolute atomic E-state index is 13.6. The molecule has 46 heavy (non-hydrogen) atoms. The molecule has 3 aromatic carbocycles. The largest absolute Gasteiger partial charge is 0.416 e. The van der Waals surface area contributed by atoms with Crippen LogP contribution in [0.4, 0.5) is 36.4 Å². The zero-order valence-electron chi connectivity index (χ0n) is 24.9. The fourth-order valence-electron chi connectivity index (χ4n) is 5.87. The number of rotatable bonds is 10. The first-order valence-electron chi connectivity index (χ1n) is 14.7. The van der Waals surface area contributed by atoms with E-state index in [1.165, 1.54) is 31.2 Å². The van der Waals surface area contributed by atoms with Crippen molar-refractivity contribution in [3.05, 3.63) is 101 Å². The fraction of sp³-hybridized carbons (Fsp3) is 0.394. The summed E-state index contributed by atoms with van der Waals surface area (Å²) in [5, 5.41) is 15.3. The lowest BCUT2D eigenvalue weighted by Gasteiger charge is -2.44. The summed E-state index contributed by atoms with van der Waals surface area (Å²) < 4.78 is 94.2. The zero-order valence-corrected chi connectivity index (χ0v) is 24.9. The van der Waals surface area contributed by atoms with Crippen LogP contribution in [0.15, 0.2) is 72.8 Å². The van der Waals surface area contributed by atoms with Crippen molar-refractivity contribution in [2.75, 3.05) is 25.0 Å². The van der Waals surface area contributed by atoms with Crippen molar-refractivity contribution in [1.29, 1.82) is 0 Å². The minimum absolute atomic E-state index is 0.0267. The molecule has 0 radical (unpaired) electrons. The Kier molecular flexibility index (Phi) is 10.8. The van der Waals surface area contributed by atoms with Crippen LogP contribution in [0.1, 0.15) is 60.8 Å². The van der Waals surface area contributed by atoms with E-state index in [4.69, 9.17) is 0 Å². The highest BCUT2D eigenvalue weighted by atomic mass is 19.4. The van der Waals surface area contributed by atoms with E-state index < -0.39 is 52.2 Å². The summed E-state index contributed by atoms with van der Waals surface area (Å²) in [5.74, 6) is -2.91. The number of carbonyl (C=O) groups is 2. The highest BCUT2D eigenvalue weighted by Gasteiger charge is 2.42. The van der Waals surface area contributed by atoms with E-state index in [0.29, 0.717) is 43.5 Å². The molecule has 1 aliphatic rings. The molecule has 6 nitrogen and oxygen atoms in total. The van der Waals surface area contributed by atoms with Crippen LogP contribution < -0.4 is 10.6 Å². The summed E-state index contributed by atoms with van der Waals surface area (Å²) in [6.45, 7) is 1.15. The van der Waals surface area contributed by atoms with Gasteiger partial charge in [-0.25, -0.2) is 4.39 Å². The average Bonchev–Trinajstić information content (AvgIpc) is 3.01. The highest BCUT2D eigenvalue weighted by Crippen LogP contribution is 2.41. The van der Waals surface area contributed by atoms with Gasteiger partial charge in [0, 0.05) is 18.3 Å². The molecule has 4 rings (SSSR count). The van der Waals surface area contributed by atoms with Crippen LogP contribution >= 0.6 is 0 Å². The van der Waals surface area contributed by atoms with E-state index in [1.54, 1.807) is 35.2 Å². The molecule has 3 aromatic rings. The Morgan fingerprint density at radius 1 is 0.913 bits per heavy atom. The number of aliphatic hydroxyl groups is 1. The minimum Gasteiger partial charge on any atom is -0.395 e. The smallest absolute Gasteiger partial charge is 0.395 e. The number of halogens is 7. The number of amides is 2. The molecule has 1 aliphatic carbocycles. The molecule has 1 unspecified atom stereocenters. The topological polar surface area (TPSA) is 81.7 Å². The predicted octanol–water partition coefficient (Wildman–Crippen LogP) is 6.85. The van der Waals surface area contributed by atoms with E-state index in [-0.39, 0.29) is 37.7 Å². The molecule has 248 valence electrons. The molecular weight excluding hydrogens is 619 g/mol. The van der Waals surface area contributed by atoms with Crippen LogP contribution in [0.5, 0.6) is 0 Å². The second-order valence-corrected chi connectivity index (χ2v) is 11.5. The Labute approximate surface area is 261 Å². The first-order chi connectivity index (χ1) is 21.6. The van der Waals surface area contributed by atoms with Crippen molar-refractivity contribution in [2.24, 2.45) is 0 Å². The Bertz CT molecular complexity index is 1450. The van der Waals surface area contributed by atoms with Gasteiger partial charge in [-0.3, -0.25) is 14.5 Å². The number of alkyl halides is 6. The Morgan fingerprint density at radius 2 is 1.48 bits per heavy atom. The molecule has 13 heteroatoms. The summed E-state index contributed by atoms with van der Waals surface area (Å²) in [5.41, 5.74) is -3.28. The van der Waals surface area contributed by atoms with Gasteiger partial charge in [0.05, 0.1) is 35.7 Å². The number of hydrogen-bond acceptors (Lipinski definition) is 4. The average molecular weight is 654 g/mol. The van der Waals surface area contributed by atoms with Gasteiger partial charge in [-0.15, -0.1) is 0 Å². The number of nitrogens with zero attached hydrogens (tertiary/aromatic N) is 1. The van der Waals surface area contributed by atoms with Crippen LogP contribution in [0, 0.1) is 5.82 Å². The number of benzene rings is 3. The van der Waals surface area contributed by atoms with E-state index in [1.807, 2.05) is 0 Å². The lowest BCUT2D eigenvalue weighted by atomic mass is 9.74. The zero-order chi connectivity index (χ0) is 33.7. The fourth-order valence-corrected chi connectivity index (χ4v) is 5.87.